The molecule has 1 aromatic rings. The van der Waals surface area contributed by atoms with E-state index < -0.39 is 5.41 Å². The third kappa shape index (κ3) is 3.58. The second kappa shape index (κ2) is 6.65. The van der Waals surface area contributed by atoms with Gasteiger partial charge in [0.15, 0.2) is 0 Å². The van der Waals surface area contributed by atoms with Crippen molar-refractivity contribution in [3.8, 4) is 0 Å². The summed E-state index contributed by atoms with van der Waals surface area (Å²) in [5.41, 5.74) is -0.132. The minimum absolute atomic E-state index is 0.0105. The molecule has 0 spiro atoms. The molecule has 1 heterocycles. The molecule has 1 saturated heterocycles. The van der Waals surface area contributed by atoms with Crippen LogP contribution in [0.25, 0.3) is 0 Å². The lowest BCUT2D eigenvalue weighted by Crippen LogP contribution is -2.53. The third-order valence-corrected chi connectivity index (χ3v) is 4.53. The van der Waals surface area contributed by atoms with Gasteiger partial charge in [-0.3, -0.25) is 9.59 Å². The van der Waals surface area contributed by atoms with Gasteiger partial charge in [-0.1, -0.05) is 0 Å². The molecule has 1 aliphatic rings. The number of hydrogen-bond donors (Lipinski definition) is 0. The maximum absolute atomic E-state index is 12.9. The van der Waals surface area contributed by atoms with Crippen LogP contribution in [0.2, 0.25) is 0 Å². The molecule has 0 atom stereocenters. The van der Waals surface area contributed by atoms with Crippen LogP contribution in [0.5, 0.6) is 0 Å². The van der Waals surface area contributed by atoms with E-state index in [0.717, 1.165) is 0 Å². The van der Waals surface area contributed by atoms with Crippen molar-refractivity contribution in [2.75, 3.05) is 32.1 Å². The number of carbonyl (C=O) groups excluding carboxylic acids is 2. The van der Waals surface area contributed by atoms with Gasteiger partial charge in [0.2, 0.25) is 5.91 Å². The van der Waals surface area contributed by atoms with Crippen molar-refractivity contribution in [2.45, 2.75) is 13.8 Å². The van der Waals surface area contributed by atoms with Gasteiger partial charge in [-0.25, -0.2) is 4.39 Å². The molecule has 0 saturated carbocycles. The minimum Gasteiger partial charge on any atom is -0.339 e. The van der Waals surface area contributed by atoms with E-state index in [9.17, 15) is 14.0 Å². The average Bonchev–Trinajstić information content (AvgIpc) is 2.54. The molecule has 0 aliphatic carbocycles. The lowest BCUT2D eigenvalue weighted by molar-refractivity contribution is -0.140. The molecule has 0 N–H and O–H groups in total. The minimum atomic E-state index is -0.593. The van der Waals surface area contributed by atoms with E-state index >= 15 is 0 Å². The van der Waals surface area contributed by atoms with Crippen LogP contribution in [0.4, 0.5) is 4.39 Å². The van der Waals surface area contributed by atoms with Gasteiger partial charge in [0.1, 0.15) is 5.82 Å². The molecule has 0 radical (unpaired) electrons. The lowest BCUT2D eigenvalue weighted by atomic mass is 9.94. The van der Waals surface area contributed by atoms with Crippen molar-refractivity contribution in [1.29, 1.82) is 0 Å². The molecule has 2 rings (SSSR count). The molecule has 0 unspecified atom stereocenters. The number of benzene rings is 1. The van der Waals surface area contributed by atoms with E-state index in [1.165, 1.54) is 24.3 Å². The maximum Gasteiger partial charge on any atom is 0.253 e. The van der Waals surface area contributed by atoms with Gasteiger partial charge in [0, 0.05) is 37.6 Å². The molecular weight excluding hydrogens is 307 g/mol. The highest BCUT2D eigenvalue weighted by molar-refractivity contribution is 6.19. The smallest absolute Gasteiger partial charge is 0.253 e. The zero-order chi connectivity index (χ0) is 16.3. The SMILES string of the molecule is CC(C)(CCl)C(=O)N1CCN(C(=O)c2ccc(F)cc2)CC1. The molecule has 120 valence electrons. The first-order chi connectivity index (χ1) is 10.3. The number of hydrogen-bond acceptors (Lipinski definition) is 2. The Kier molecular flexibility index (Phi) is 5.06. The van der Waals surface area contributed by atoms with E-state index in [1.54, 1.807) is 9.80 Å². The summed E-state index contributed by atoms with van der Waals surface area (Å²) in [5.74, 6) is -0.226. The Labute approximate surface area is 134 Å². The summed E-state index contributed by atoms with van der Waals surface area (Å²) in [4.78, 5) is 28.1. The monoisotopic (exact) mass is 326 g/mol. The predicted octanol–water partition coefficient (Wildman–Crippen LogP) is 2.38. The van der Waals surface area contributed by atoms with Crippen LogP contribution >= 0.6 is 11.6 Å². The summed E-state index contributed by atoms with van der Waals surface area (Å²) in [6.07, 6.45) is 0. The summed E-state index contributed by atoms with van der Waals surface area (Å²) < 4.78 is 12.9. The fourth-order valence-electron chi connectivity index (χ4n) is 2.37. The number of carbonyl (C=O) groups is 2. The van der Waals surface area contributed by atoms with E-state index in [-0.39, 0.29) is 23.5 Å². The van der Waals surface area contributed by atoms with Gasteiger partial charge in [-0.2, -0.15) is 0 Å². The number of alkyl halides is 1. The van der Waals surface area contributed by atoms with Gasteiger partial charge in [-0.15, -0.1) is 11.6 Å². The summed E-state index contributed by atoms with van der Waals surface area (Å²) in [5, 5.41) is 0. The van der Waals surface area contributed by atoms with Crippen molar-refractivity contribution in [3.63, 3.8) is 0 Å². The van der Waals surface area contributed by atoms with E-state index in [2.05, 4.69) is 0 Å². The second-order valence-corrected chi connectivity index (χ2v) is 6.38. The predicted molar refractivity (Wildman–Crippen MR) is 83.4 cm³/mol. The second-order valence-electron chi connectivity index (χ2n) is 6.11. The zero-order valence-electron chi connectivity index (χ0n) is 12.8. The van der Waals surface area contributed by atoms with Gasteiger partial charge >= 0.3 is 0 Å². The lowest BCUT2D eigenvalue weighted by Gasteiger charge is -2.38. The Balaban J connectivity index is 1.96. The molecule has 6 heteroatoms. The molecule has 4 nitrogen and oxygen atoms in total. The molecular formula is C16H20ClFN2O2. The van der Waals surface area contributed by atoms with Crippen LogP contribution in [0.1, 0.15) is 24.2 Å². The van der Waals surface area contributed by atoms with E-state index in [1.807, 2.05) is 13.8 Å². The third-order valence-electron chi connectivity index (χ3n) is 3.86. The molecule has 1 fully saturated rings. The van der Waals surface area contributed by atoms with Gasteiger partial charge in [0.05, 0.1) is 5.41 Å². The van der Waals surface area contributed by atoms with Crippen LogP contribution in [0, 0.1) is 11.2 Å². The number of nitrogens with zero attached hydrogens (tertiary/aromatic N) is 2. The molecule has 1 aliphatic heterocycles. The fourth-order valence-corrected chi connectivity index (χ4v) is 2.49. The highest BCUT2D eigenvalue weighted by Crippen LogP contribution is 2.22. The summed E-state index contributed by atoms with van der Waals surface area (Å²) in [6, 6.07) is 5.50. The van der Waals surface area contributed by atoms with Crippen LogP contribution < -0.4 is 0 Å². The molecule has 22 heavy (non-hydrogen) atoms. The fraction of sp³-hybridized carbons (Fsp3) is 0.500. The van der Waals surface area contributed by atoms with Crippen molar-refractivity contribution in [2.24, 2.45) is 5.41 Å². The first-order valence-electron chi connectivity index (χ1n) is 7.25. The van der Waals surface area contributed by atoms with Crippen molar-refractivity contribution >= 4 is 23.4 Å². The summed E-state index contributed by atoms with van der Waals surface area (Å²) in [6.45, 7) is 5.57. The Morgan fingerprint density at radius 1 is 1.09 bits per heavy atom. The average molecular weight is 327 g/mol. The first kappa shape index (κ1) is 16.7. The van der Waals surface area contributed by atoms with Crippen LogP contribution in [-0.4, -0.2) is 53.7 Å². The van der Waals surface area contributed by atoms with Gasteiger partial charge in [-0.05, 0) is 38.1 Å². The number of halogens is 2. The zero-order valence-corrected chi connectivity index (χ0v) is 13.6. The van der Waals surface area contributed by atoms with Crippen molar-refractivity contribution in [1.82, 2.24) is 9.80 Å². The quantitative estimate of drug-likeness (QED) is 0.800. The normalized spacial score (nSPS) is 15.8. The summed E-state index contributed by atoms with van der Waals surface area (Å²) >= 11 is 5.84. The maximum atomic E-state index is 12.9. The number of rotatable bonds is 3. The number of amides is 2. The van der Waals surface area contributed by atoms with Gasteiger partial charge < -0.3 is 9.80 Å². The van der Waals surface area contributed by atoms with Gasteiger partial charge in [0.25, 0.3) is 5.91 Å². The Hall–Kier alpha value is -1.62. The van der Waals surface area contributed by atoms with E-state index in [4.69, 9.17) is 11.6 Å². The van der Waals surface area contributed by atoms with Crippen LogP contribution in [-0.2, 0) is 4.79 Å². The molecule has 1 aromatic carbocycles. The summed E-state index contributed by atoms with van der Waals surface area (Å²) in [7, 11) is 0. The topological polar surface area (TPSA) is 40.6 Å². The standard InChI is InChI=1S/C16H20ClFN2O2/c1-16(2,11-17)15(22)20-9-7-19(8-10-20)14(21)12-3-5-13(18)6-4-12/h3-6H,7-11H2,1-2H3. The van der Waals surface area contributed by atoms with Crippen molar-refractivity contribution in [3.05, 3.63) is 35.6 Å². The largest absolute Gasteiger partial charge is 0.339 e. The molecule has 0 aromatic heterocycles. The first-order valence-corrected chi connectivity index (χ1v) is 7.79. The molecule has 0 bridgehead atoms. The van der Waals surface area contributed by atoms with Crippen LogP contribution in [0.3, 0.4) is 0 Å². The Bertz CT molecular complexity index is 552. The van der Waals surface area contributed by atoms with Crippen LogP contribution in [0.15, 0.2) is 24.3 Å². The highest BCUT2D eigenvalue weighted by Gasteiger charge is 2.33. The number of piperazine rings is 1. The van der Waals surface area contributed by atoms with E-state index in [0.29, 0.717) is 31.7 Å². The van der Waals surface area contributed by atoms with Crippen molar-refractivity contribution < 1.29 is 14.0 Å². The Morgan fingerprint density at radius 3 is 2.09 bits per heavy atom. The molecule has 2 amide bonds. The Morgan fingerprint density at radius 2 is 1.59 bits per heavy atom. The highest BCUT2D eigenvalue weighted by atomic mass is 35.5.